The van der Waals surface area contributed by atoms with Crippen molar-refractivity contribution in [1.29, 1.82) is 0 Å². The van der Waals surface area contributed by atoms with E-state index in [0.29, 0.717) is 31.2 Å². The Morgan fingerprint density at radius 3 is 2.37 bits per heavy atom. The van der Waals surface area contributed by atoms with Gasteiger partial charge in [0.2, 0.25) is 11.8 Å². The second-order valence-electron chi connectivity index (χ2n) is 15.1. The van der Waals surface area contributed by atoms with Gasteiger partial charge >= 0.3 is 6.18 Å². The molecule has 1 N–H and O–H groups in total. The summed E-state index contributed by atoms with van der Waals surface area (Å²) in [5.41, 5.74) is 1.08. The van der Waals surface area contributed by atoms with E-state index in [-0.39, 0.29) is 59.6 Å². The third-order valence-electron chi connectivity index (χ3n) is 11.5. The summed E-state index contributed by atoms with van der Waals surface area (Å²) in [7, 11) is -0.547. The summed E-state index contributed by atoms with van der Waals surface area (Å²) in [6, 6.07) is 12.0. The number of benzene rings is 2. The normalized spacial score (nSPS) is 26.5. The number of hydrogen-bond acceptors (Lipinski definition) is 8. The van der Waals surface area contributed by atoms with Crippen LogP contribution in [0.4, 0.5) is 19.1 Å². The van der Waals surface area contributed by atoms with Crippen LogP contribution in [-0.4, -0.2) is 92.3 Å². The molecule has 1 aliphatic heterocycles. The first-order valence-electron chi connectivity index (χ1n) is 17.4. The molecule has 0 unspecified atom stereocenters. The molecule has 2 aromatic carbocycles. The van der Waals surface area contributed by atoms with Gasteiger partial charge in [0.15, 0.2) is 0 Å². The Morgan fingerprint density at radius 1 is 1.04 bits per heavy atom. The van der Waals surface area contributed by atoms with E-state index in [0.717, 1.165) is 36.1 Å². The van der Waals surface area contributed by atoms with Crippen LogP contribution in [-0.2, 0) is 14.8 Å². The fraction of sp³-hybridized carbons (Fsp3) is 0.541. The number of aryl methyl sites for hydroxylation is 2. The van der Waals surface area contributed by atoms with Crippen LogP contribution in [0.3, 0.4) is 0 Å². The number of halogens is 3. The quantitative estimate of drug-likeness (QED) is 0.284. The molecule has 51 heavy (non-hydrogen) atoms. The SMILES string of the molecule is COCCN(C)[C@H]1CC2(C1)C[C@H](N1C(=O)c3cccc(c3)S(=O)(=O)Nc3nc(cc(-c4c(C)cccc4C)n3)OC[C@H]1CC1(C(F)(F)F)CC1)C2. The molecule has 1 aromatic heterocycles. The lowest BCUT2D eigenvalue weighted by atomic mass is 9.51. The molecule has 3 fully saturated rings. The molecule has 274 valence electrons. The first-order valence-corrected chi connectivity index (χ1v) is 18.9. The van der Waals surface area contributed by atoms with E-state index >= 15 is 0 Å². The van der Waals surface area contributed by atoms with E-state index in [1.165, 1.54) is 24.3 Å². The van der Waals surface area contributed by atoms with Crippen molar-refractivity contribution in [2.45, 2.75) is 88.0 Å². The van der Waals surface area contributed by atoms with Gasteiger partial charge in [-0.05, 0) is 101 Å². The Hall–Kier alpha value is -3.75. The summed E-state index contributed by atoms with van der Waals surface area (Å²) in [6.07, 6.45) is -1.66. The van der Waals surface area contributed by atoms with Crippen molar-refractivity contribution in [2.75, 3.05) is 38.6 Å². The van der Waals surface area contributed by atoms with E-state index in [1.807, 2.05) is 32.0 Å². The lowest BCUT2D eigenvalue weighted by Crippen LogP contribution is -2.64. The maximum absolute atomic E-state index is 14.6. The molecule has 3 aromatic rings. The number of nitrogens with one attached hydrogen (secondary N) is 1. The number of alkyl halides is 3. The maximum atomic E-state index is 14.6. The molecular formula is C37H44F3N5O5S. The molecule has 1 spiro atoms. The van der Waals surface area contributed by atoms with E-state index < -0.39 is 33.6 Å². The molecule has 10 nitrogen and oxygen atoms in total. The average Bonchev–Trinajstić information content (AvgIpc) is 3.83. The summed E-state index contributed by atoms with van der Waals surface area (Å²) >= 11 is 0. The van der Waals surface area contributed by atoms with Crippen molar-refractivity contribution >= 4 is 21.9 Å². The monoisotopic (exact) mass is 727 g/mol. The molecule has 3 aliphatic carbocycles. The van der Waals surface area contributed by atoms with Crippen molar-refractivity contribution in [1.82, 2.24) is 19.8 Å². The summed E-state index contributed by atoms with van der Waals surface area (Å²) in [5, 5.41) is 0. The van der Waals surface area contributed by atoms with Crippen LogP contribution >= 0.6 is 0 Å². The van der Waals surface area contributed by atoms with Crippen molar-refractivity contribution in [2.24, 2.45) is 10.8 Å². The second-order valence-corrected chi connectivity index (χ2v) is 16.8. The largest absolute Gasteiger partial charge is 0.475 e. The number of ether oxygens (including phenoxy) is 2. The highest BCUT2D eigenvalue weighted by Crippen LogP contribution is 2.62. The topological polar surface area (TPSA) is 114 Å². The smallest absolute Gasteiger partial charge is 0.394 e. The highest BCUT2D eigenvalue weighted by atomic mass is 32.2. The van der Waals surface area contributed by atoms with Gasteiger partial charge in [0.1, 0.15) is 6.61 Å². The second kappa shape index (κ2) is 13.0. The zero-order valence-electron chi connectivity index (χ0n) is 29.3. The van der Waals surface area contributed by atoms with E-state index in [2.05, 4.69) is 26.6 Å². The number of methoxy groups -OCH3 is 1. The predicted octanol–water partition coefficient (Wildman–Crippen LogP) is 6.39. The average molecular weight is 728 g/mol. The van der Waals surface area contributed by atoms with E-state index in [1.54, 1.807) is 18.1 Å². The lowest BCUT2D eigenvalue weighted by molar-refractivity contribution is -0.194. The van der Waals surface area contributed by atoms with E-state index in [4.69, 9.17) is 9.47 Å². The fourth-order valence-electron chi connectivity index (χ4n) is 8.41. The highest BCUT2D eigenvalue weighted by Gasteiger charge is 2.65. The van der Waals surface area contributed by atoms with Gasteiger partial charge in [0.25, 0.3) is 15.9 Å². The number of nitrogens with zero attached hydrogens (tertiary/aromatic N) is 4. The van der Waals surface area contributed by atoms with Gasteiger partial charge < -0.3 is 19.3 Å². The van der Waals surface area contributed by atoms with Gasteiger partial charge in [-0.3, -0.25) is 4.79 Å². The van der Waals surface area contributed by atoms with Crippen LogP contribution in [0.1, 0.15) is 66.4 Å². The van der Waals surface area contributed by atoms with Crippen LogP contribution in [0.15, 0.2) is 53.4 Å². The molecule has 3 saturated carbocycles. The van der Waals surface area contributed by atoms with Crippen LogP contribution in [0, 0.1) is 24.7 Å². The number of rotatable bonds is 8. The first kappa shape index (κ1) is 35.6. The number of anilines is 1. The number of carbonyl (C=O) groups is 1. The minimum absolute atomic E-state index is 0.00177. The summed E-state index contributed by atoms with van der Waals surface area (Å²) in [4.78, 5) is 27.1. The number of carbonyl (C=O) groups excluding carboxylic acids is 1. The standard InChI is InChI=1S/C37H44F3N5O5S/c1-23-7-5-8-24(2)32(23)30-16-31-42-34(41-30)43-51(47,48)29-10-6-9-25(15-29)33(46)45(28(22-50-31)21-36(11-12-36)37(38,39)40)27-19-35(20-27)17-26(18-35)44(3)13-14-49-4/h5-10,15-16,26-28H,11-14,17-22H2,1-4H3,(H,41,42,43)/t26-,27-,28-,35?/m1/s1. The minimum atomic E-state index is -4.45. The molecule has 4 bridgehead atoms. The van der Waals surface area contributed by atoms with Crippen molar-refractivity contribution < 1.29 is 35.9 Å². The Balaban J connectivity index is 1.28. The fourth-order valence-corrected chi connectivity index (χ4v) is 9.40. The number of likely N-dealkylation sites (N-methyl/N-ethyl adjacent to an activating group) is 1. The maximum Gasteiger partial charge on any atom is 0.394 e. The van der Waals surface area contributed by atoms with Crippen LogP contribution in [0.5, 0.6) is 5.88 Å². The molecule has 2 heterocycles. The summed E-state index contributed by atoms with van der Waals surface area (Å²) < 4.78 is 85.0. The molecule has 1 atom stereocenters. The van der Waals surface area contributed by atoms with Gasteiger partial charge in [0.05, 0.1) is 28.7 Å². The number of hydrogen-bond donors (Lipinski definition) is 1. The zero-order chi connectivity index (χ0) is 36.3. The molecule has 0 radical (unpaired) electrons. The van der Waals surface area contributed by atoms with Crippen molar-refractivity contribution in [3.8, 4) is 17.1 Å². The van der Waals surface area contributed by atoms with Crippen molar-refractivity contribution in [3.63, 3.8) is 0 Å². The molecule has 14 heteroatoms. The number of fused-ring (bicyclic) bond motifs is 4. The number of sulfonamides is 1. The van der Waals surface area contributed by atoms with Gasteiger partial charge in [-0.15, -0.1) is 0 Å². The van der Waals surface area contributed by atoms with Gasteiger partial charge in [-0.25, -0.2) is 18.1 Å². The lowest BCUT2D eigenvalue weighted by Gasteiger charge is -2.62. The Labute approximate surface area is 296 Å². The Bertz CT molecular complexity index is 1900. The third kappa shape index (κ3) is 6.82. The zero-order valence-corrected chi connectivity index (χ0v) is 30.1. The minimum Gasteiger partial charge on any atom is -0.475 e. The third-order valence-corrected chi connectivity index (χ3v) is 12.9. The molecule has 1 amide bonds. The van der Waals surface area contributed by atoms with Crippen LogP contribution in [0.2, 0.25) is 0 Å². The summed E-state index contributed by atoms with van der Waals surface area (Å²) in [5.74, 6) is -0.772. The molecule has 7 rings (SSSR count). The highest BCUT2D eigenvalue weighted by molar-refractivity contribution is 7.92. The molecular weight excluding hydrogens is 683 g/mol. The van der Waals surface area contributed by atoms with Crippen LogP contribution in [0.25, 0.3) is 11.3 Å². The van der Waals surface area contributed by atoms with Gasteiger partial charge in [-0.1, -0.05) is 24.3 Å². The predicted molar refractivity (Wildman–Crippen MR) is 185 cm³/mol. The van der Waals surface area contributed by atoms with Crippen LogP contribution < -0.4 is 9.46 Å². The van der Waals surface area contributed by atoms with Crippen molar-refractivity contribution in [3.05, 3.63) is 65.2 Å². The number of amides is 1. The Morgan fingerprint density at radius 2 is 1.73 bits per heavy atom. The Kier molecular flexibility index (Phi) is 9.11. The number of aromatic nitrogens is 2. The first-order chi connectivity index (χ1) is 24.1. The molecule has 4 aliphatic rings. The molecule has 0 saturated heterocycles. The van der Waals surface area contributed by atoms with E-state index in [9.17, 15) is 26.4 Å². The van der Waals surface area contributed by atoms with Gasteiger partial charge in [-0.2, -0.15) is 18.2 Å². The van der Waals surface area contributed by atoms with Gasteiger partial charge in [0, 0.05) is 42.9 Å². The summed E-state index contributed by atoms with van der Waals surface area (Å²) in [6.45, 7) is 4.97.